The molecule has 7 nitrogen and oxygen atoms in total. The number of phenols is 1. The Morgan fingerprint density at radius 3 is 2.54 bits per heavy atom. The summed E-state index contributed by atoms with van der Waals surface area (Å²) in [4.78, 5) is 16.9. The van der Waals surface area contributed by atoms with Crippen molar-refractivity contribution in [2.24, 2.45) is 0 Å². The molecule has 2 aromatic rings. The van der Waals surface area contributed by atoms with Crippen molar-refractivity contribution in [1.29, 1.82) is 0 Å². The maximum Gasteiger partial charge on any atom is 0.234 e. The predicted octanol–water partition coefficient (Wildman–Crippen LogP) is 2.12. The number of hydrogen-bond acceptors (Lipinski definition) is 6. The molecule has 0 radical (unpaired) electrons. The number of aromatic hydroxyl groups is 1. The molecule has 2 heterocycles. The summed E-state index contributed by atoms with van der Waals surface area (Å²) in [5.41, 5.74) is 2.09. The van der Waals surface area contributed by atoms with Gasteiger partial charge in [-0.25, -0.2) is 0 Å². The van der Waals surface area contributed by atoms with Crippen molar-refractivity contribution in [2.75, 3.05) is 44.4 Å². The lowest BCUT2D eigenvalue weighted by Gasteiger charge is -2.35. The van der Waals surface area contributed by atoms with Crippen LogP contribution >= 0.6 is 0 Å². The van der Waals surface area contributed by atoms with Gasteiger partial charge in [-0.2, -0.15) is 0 Å². The molecule has 2 aromatic carbocycles. The third-order valence-electron chi connectivity index (χ3n) is 5.23. The highest BCUT2D eigenvalue weighted by Gasteiger charge is 2.21. The van der Waals surface area contributed by atoms with Gasteiger partial charge in [-0.05, 0) is 48.9 Å². The van der Waals surface area contributed by atoms with E-state index in [0.29, 0.717) is 6.54 Å². The quantitative estimate of drug-likeness (QED) is 0.824. The van der Waals surface area contributed by atoms with E-state index in [4.69, 9.17) is 9.47 Å². The molecule has 28 heavy (non-hydrogen) atoms. The van der Waals surface area contributed by atoms with Crippen molar-refractivity contribution >= 4 is 11.6 Å². The summed E-state index contributed by atoms with van der Waals surface area (Å²) < 4.78 is 10.7. The van der Waals surface area contributed by atoms with Crippen molar-refractivity contribution in [1.82, 2.24) is 10.2 Å². The topological polar surface area (TPSA) is 74.3 Å². The fourth-order valence-corrected chi connectivity index (χ4v) is 3.58. The van der Waals surface area contributed by atoms with Crippen molar-refractivity contribution in [2.45, 2.75) is 13.0 Å². The number of anilines is 1. The summed E-state index contributed by atoms with van der Waals surface area (Å²) in [6.45, 7) is 5.97. The molecule has 1 atom stereocenters. The van der Waals surface area contributed by atoms with E-state index in [-0.39, 0.29) is 24.5 Å². The van der Waals surface area contributed by atoms with Crippen LogP contribution in [0.1, 0.15) is 18.5 Å². The summed E-state index contributed by atoms with van der Waals surface area (Å²) in [5.74, 6) is 1.76. The van der Waals surface area contributed by atoms with Crippen LogP contribution < -0.4 is 19.7 Å². The van der Waals surface area contributed by atoms with Crippen molar-refractivity contribution in [3.8, 4) is 17.2 Å². The largest absolute Gasteiger partial charge is 0.508 e. The number of carbonyl (C=O) groups excluding carboxylic acids is 1. The van der Waals surface area contributed by atoms with E-state index in [1.54, 1.807) is 12.1 Å². The summed E-state index contributed by atoms with van der Waals surface area (Å²) in [6.07, 6.45) is 0. The third kappa shape index (κ3) is 4.14. The van der Waals surface area contributed by atoms with E-state index in [2.05, 4.69) is 15.1 Å². The lowest BCUT2D eigenvalue weighted by Crippen LogP contribution is -2.49. The van der Waals surface area contributed by atoms with Crippen molar-refractivity contribution < 1.29 is 19.4 Å². The lowest BCUT2D eigenvalue weighted by atomic mass is 10.1. The second-order valence-corrected chi connectivity index (χ2v) is 7.18. The number of nitrogens with one attached hydrogen (secondary N) is 1. The number of nitrogens with zero attached hydrogens (tertiary/aromatic N) is 2. The van der Waals surface area contributed by atoms with Crippen LogP contribution in [-0.4, -0.2) is 55.4 Å². The van der Waals surface area contributed by atoms with Gasteiger partial charge in [-0.15, -0.1) is 0 Å². The SMILES string of the molecule is C[C@H](NC(=O)CN1CCN(c2ccc(O)cc2)CC1)c1ccc2c(c1)OCO2. The molecule has 0 unspecified atom stereocenters. The molecule has 0 spiro atoms. The van der Waals surface area contributed by atoms with Crippen LogP contribution in [0.25, 0.3) is 0 Å². The zero-order chi connectivity index (χ0) is 19.5. The average Bonchev–Trinajstić information content (AvgIpc) is 3.17. The molecule has 0 bridgehead atoms. The first-order chi connectivity index (χ1) is 13.6. The van der Waals surface area contributed by atoms with Crippen molar-refractivity contribution in [3.63, 3.8) is 0 Å². The summed E-state index contributed by atoms with van der Waals surface area (Å²) >= 11 is 0. The highest BCUT2D eigenvalue weighted by atomic mass is 16.7. The lowest BCUT2D eigenvalue weighted by molar-refractivity contribution is -0.123. The molecule has 2 N–H and O–H groups in total. The predicted molar refractivity (Wildman–Crippen MR) is 106 cm³/mol. The first-order valence-corrected chi connectivity index (χ1v) is 9.54. The Bertz CT molecular complexity index is 832. The van der Waals surface area contributed by atoms with Crippen LogP contribution in [-0.2, 0) is 4.79 Å². The van der Waals surface area contributed by atoms with Crippen LogP contribution in [0.3, 0.4) is 0 Å². The normalized spacial score (nSPS) is 17.4. The highest BCUT2D eigenvalue weighted by Crippen LogP contribution is 2.34. The maximum atomic E-state index is 12.5. The van der Waals surface area contributed by atoms with Gasteiger partial charge in [0.05, 0.1) is 12.6 Å². The Kier molecular flexibility index (Phi) is 5.25. The Labute approximate surface area is 164 Å². The Morgan fingerprint density at radius 2 is 1.79 bits per heavy atom. The Morgan fingerprint density at radius 1 is 1.07 bits per heavy atom. The molecule has 0 aliphatic carbocycles. The number of ether oxygens (including phenoxy) is 2. The van der Waals surface area contributed by atoms with Crippen LogP contribution in [0.4, 0.5) is 5.69 Å². The zero-order valence-corrected chi connectivity index (χ0v) is 15.9. The molecule has 2 aliphatic rings. The molecule has 1 amide bonds. The Balaban J connectivity index is 1.26. The Hall–Kier alpha value is -2.93. The van der Waals surface area contributed by atoms with E-state index in [1.165, 1.54) is 0 Å². The van der Waals surface area contributed by atoms with Crippen LogP contribution in [0.5, 0.6) is 17.2 Å². The molecule has 148 valence electrons. The van der Waals surface area contributed by atoms with Gasteiger partial charge < -0.3 is 24.8 Å². The smallest absolute Gasteiger partial charge is 0.234 e. The highest BCUT2D eigenvalue weighted by molar-refractivity contribution is 5.78. The number of benzene rings is 2. The van der Waals surface area contributed by atoms with E-state index in [9.17, 15) is 9.90 Å². The molecular weight excluding hydrogens is 358 g/mol. The van der Waals surface area contributed by atoms with E-state index >= 15 is 0 Å². The fourth-order valence-electron chi connectivity index (χ4n) is 3.58. The molecule has 0 saturated carbocycles. The van der Waals surface area contributed by atoms with Gasteiger partial charge in [-0.3, -0.25) is 9.69 Å². The third-order valence-corrected chi connectivity index (χ3v) is 5.23. The minimum Gasteiger partial charge on any atom is -0.508 e. The summed E-state index contributed by atoms with van der Waals surface area (Å²) in [7, 11) is 0. The zero-order valence-electron chi connectivity index (χ0n) is 15.9. The molecule has 4 rings (SSSR count). The van der Waals surface area contributed by atoms with Gasteiger partial charge in [-0.1, -0.05) is 6.07 Å². The monoisotopic (exact) mass is 383 g/mol. The van der Waals surface area contributed by atoms with Gasteiger partial charge in [0, 0.05) is 31.9 Å². The van der Waals surface area contributed by atoms with Crippen LogP contribution in [0, 0.1) is 0 Å². The average molecular weight is 383 g/mol. The molecule has 0 aromatic heterocycles. The molecule has 7 heteroatoms. The first-order valence-electron chi connectivity index (χ1n) is 9.54. The van der Waals surface area contributed by atoms with E-state index in [0.717, 1.165) is 48.9 Å². The first kappa shape index (κ1) is 18.4. The number of fused-ring (bicyclic) bond motifs is 1. The van der Waals surface area contributed by atoms with Gasteiger partial charge in [0.2, 0.25) is 12.7 Å². The maximum absolute atomic E-state index is 12.5. The second-order valence-electron chi connectivity index (χ2n) is 7.18. The molecule has 1 saturated heterocycles. The minimum atomic E-state index is -0.0970. The van der Waals surface area contributed by atoms with Gasteiger partial charge >= 0.3 is 0 Å². The fraction of sp³-hybridized carbons (Fsp3) is 0.381. The number of piperazine rings is 1. The van der Waals surface area contributed by atoms with Crippen LogP contribution in [0.15, 0.2) is 42.5 Å². The summed E-state index contributed by atoms with van der Waals surface area (Å²) in [5, 5.41) is 12.5. The standard InChI is InChI=1S/C21H25N3O4/c1-15(16-2-7-19-20(12-16)28-14-27-19)22-21(26)13-23-8-10-24(11-9-23)17-3-5-18(25)6-4-17/h2-7,12,15,25H,8-11,13-14H2,1H3,(H,22,26)/t15-/m0/s1. The second kappa shape index (κ2) is 7.98. The van der Waals surface area contributed by atoms with Crippen molar-refractivity contribution in [3.05, 3.63) is 48.0 Å². The molecule has 2 aliphatic heterocycles. The van der Waals surface area contributed by atoms with Gasteiger partial charge in [0.1, 0.15) is 5.75 Å². The van der Waals surface area contributed by atoms with E-state index < -0.39 is 0 Å². The van der Waals surface area contributed by atoms with Crippen LogP contribution in [0.2, 0.25) is 0 Å². The van der Waals surface area contributed by atoms with Gasteiger partial charge in [0.15, 0.2) is 11.5 Å². The molecular formula is C21H25N3O4. The number of carbonyl (C=O) groups is 1. The van der Waals surface area contributed by atoms with E-state index in [1.807, 2.05) is 37.3 Å². The van der Waals surface area contributed by atoms with Gasteiger partial charge in [0.25, 0.3) is 0 Å². The number of hydrogen-bond donors (Lipinski definition) is 2. The summed E-state index contributed by atoms with van der Waals surface area (Å²) in [6, 6.07) is 12.9. The molecule has 1 fully saturated rings. The number of amides is 1. The number of rotatable bonds is 5. The minimum absolute atomic E-state index is 0.0169. The number of phenolic OH excluding ortho intramolecular Hbond substituents is 1.